The molecule has 0 saturated carbocycles. The van der Waals surface area contributed by atoms with Crippen molar-refractivity contribution in [3.63, 3.8) is 0 Å². The molecule has 0 atom stereocenters. The molecule has 116 valence electrons. The third-order valence-corrected chi connectivity index (χ3v) is 5.61. The first-order chi connectivity index (χ1) is 11.8. The van der Waals surface area contributed by atoms with Crippen molar-refractivity contribution >= 4 is 49.1 Å². The maximum atomic E-state index is 4.89. The fraction of sp³-hybridized carbons (Fsp3) is 0. The molecule has 24 heavy (non-hydrogen) atoms. The van der Waals surface area contributed by atoms with E-state index in [1.165, 1.54) is 10.8 Å². The molecule has 3 heterocycles. The van der Waals surface area contributed by atoms with E-state index in [4.69, 9.17) is 4.98 Å². The molecule has 0 spiro atoms. The minimum atomic E-state index is 1.00. The Morgan fingerprint density at radius 1 is 0.875 bits per heavy atom. The Balaban J connectivity index is 1.65. The van der Waals surface area contributed by atoms with Crippen LogP contribution in [0, 0.1) is 0 Å². The molecule has 0 unspecified atom stereocenters. The number of fused-ring (bicyclic) bond motifs is 2. The first-order valence-corrected chi connectivity index (χ1v) is 9.26. The van der Waals surface area contributed by atoms with Crippen LogP contribution in [0.5, 0.6) is 0 Å². The molecule has 5 aromatic rings. The summed E-state index contributed by atoms with van der Waals surface area (Å²) in [4.78, 5) is 11.5. The van der Waals surface area contributed by atoms with Gasteiger partial charge in [0, 0.05) is 55.2 Å². The van der Waals surface area contributed by atoms with Gasteiger partial charge >= 0.3 is 0 Å². The van der Waals surface area contributed by atoms with Gasteiger partial charge in [-0.05, 0) is 24.3 Å². The molecule has 0 fully saturated rings. The van der Waals surface area contributed by atoms with Crippen molar-refractivity contribution in [3.05, 3.63) is 64.7 Å². The topological polar surface area (TPSA) is 44.5 Å². The SMILES string of the molecule is Brc1ccc2[nH]cc(-c3csc(-c4c[nH]c5ccccc45)n3)c2c1. The van der Waals surface area contributed by atoms with E-state index in [2.05, 4.69) is 61.6 Å². The number of hydrogen-bond acceptors (Lipinski definition) is 2. The van der Waals surface area contributed by atoms with E-state index in [1.54, 1.807) is 11.3 Å². The predicted octanol–water partition coefficient (Wildman–Crippen LogP) is 6.20. The normalized spacial score (nSPS) is 11.5. The van der Waals surface area contributed by atoms with Crippen molar-refractivity contribution in [1.29, 1.82) is 0 Å². The predicted molar refractivity (Wildman–Crippen MR) is 104 cm³/mol. The van der Waals surface area contributed by atoms with E-state index in [9.17, 15) is 0 Å². The van der Waals surface area contributed by atoms with Crippen LogP contribution in [0.25, 0.3) is 43.6 Å². The average molecular weight is 394 g/mol. The first-order valence-electron chi connectivity index (χ1n) is 7.58. The van der Waals surface area contributed by atoms with Crippen LogP contribution in [0.1, 0.15) is 0 Å². The van der Waals surface area contributed by atoms with Gasteiger partial charge < -0.3 is 9.97 Å². The van der Waals surface area contributed by atoms with E-state index in [0.717, 1.165) is 37.3 Å². The minimum Gasteiger partial charge on any atom is -0.360 e. The number of rotatable bonds is 2. The third-order valence-electron chi connectivity index (χ3n) is 4.24. The Morgan fingerprint density at radius 3 is 2.58 bits per heavy atom. The summed E-state index contributed by atoms with van der Waals surface area (Å²) in [5.74, 6) is 0. The molecule has 0 aliphatic rings. The quantitative estimate of drug-likeness (QED) is 0.368. The Hall–Kier alpha value is -2.37. The van der Waals surface area contributed by atoms with Crippen molar-refractivity contribution in [2.45, 2.75) is 0 Å². The molecule has 2 aromatic carbocycles. The van der Waals surface area contributed by atoms with Gasteiger partial charge in [0.15, 0.2) is 0 Å². The van der Waals surface area contributed by atoms with E-state index < -0.39 is 0 Å². The van der Waals surface area contributed by atoms with Gasteiger partial charge in [-0.2, -0.15) is 0 Å². The van der Waals surface area contributed by atoms with Crippen LogP contribution in [0.3, 0.4) is 0 Å². The zero-order valence-electron chi connectivity index (χ0n) is 12.5. The highest BCUT2D eigenvalue weighted by molar-refractivity contribution is 9.10. The second-order valence-electron chi connectivity index (χ2n) is 5.68. The Bertz CT molecular complexity index is 1180. The van der Waals surface area contributed by atoms with Crippen molar-refractivity contribution in [1.82, 2.24) is 15.0 Å². The molecule has 5 rings (SSSR count). The first kappa shape index (κ1) is 14.0. The molecular formula is C19H12BrN3S. The number of nitrogens with one attached hydrogen (secondary N) is 2. The highest BCUT2D eigenvalue weighted by atomic mass is 79.9. The smallest absolute Gasteiger partial charge is 0.126 e. The van der Waals surface area contributed by atoms with Crippen molar-refractivity contribution in [3.8, 4) is 21.8 Å². The summed E-state index contributed by atoms with van der Waals surface area (Å²) < 4.78 is 1.07. The summed E-state index contributed by atoms with van der Waals surface area (Å²) in [6.07, 6.45) is 4.07. The molecule has 2 N–H and O–H groups in total. The van der Waals surface area contributed by atoms with Crippen LogP contribution in [-0.4, -0.2) is 15.0 Å². The number of aromatic amines is 2. The lowest BCUT2D eigenvalue weighted by molar-refractivity contribution is 1.40. The van der Waals surface area contributed by atoms with Crippen molar-refractivity contribution < 1.29 is 0 Å². The maximum absolute atomic E-state index is 4.89. The molecule has 5 heteroatoms. The standard InChI is InChI=1S/C19H12BrN3S/c20-11-5-6-17-13(7-11)14(8-21-17)18-10-24-19(23-18)15-9-22-16-4-2-1-3-12(15)16/h1-10,21-22H. The van der Waals surface area contributed by atoms with Crippen molar-refractivity contribution in [2.75, 3.05) is 0 Å². The molecule has 0 bridgehead atoms. The second-order valence-corrected chi connectivity index (χ2v) is 7.45. The van der Waals surface area contributed by atoms with Crippen LogP contribution in [0.15, 0.2) is 64.7 Å². The van der Waals surface area contributed by atoms with Crippen LogP contribution >= 0.6 is 27.3 Å². The van der Waals surface area contributed by atoms with E-state index in [-0.39, 0.29) is 0 Å². The highest BCUT2D eigenvalue weighted by Crippen LogP contribution is 2.36. The summed E-state index contributed by atoms with van der Waals surface area (Å²) in [5, 5.41) is 5.55. The second kappa shape index (κ2) is 5.33. The Labute approximate surface area is 150 Å². The van der Waals surface area contributed by atoms with Gasteiger partial charge in [0.1, 0.15) is 5.01 Å². The Kier molecular flexibility index (Phi) is 3.11. The summed E-state index contributed by atoms with van der Waals surface area (Å²) >= 11 is 5.23. The average Bonchev–Trinajstić information content (AvgIpc) is 3.31. The molecular weight excluding hydrogens is 382 g/mol. The number of hydrogen-bond donors (Lipinski definition) is 2. The Morgan fingerprint density at radius 2 is 1.67 bits per heavy atom. The number of H-pyrrole nitrogens is 2. The van der Waals surface area contributed by atoms with Crippen molar-refractivity contribution in [2.24, 2.45) is 0 Å². The highest BCUT2D eigenvalue weighted by Gasteiger charge is 2.13. The number of nitrogens with zero attached hydrogens (tertiary/aromatic N) is 1. The zero-order valence-corrected chi connectivity index (χ0v) is 14.9. The van der Waals surface area contributed by atoms with Crippen LogP contribution in [0.2, 0.25) is 0 Å². The number of aromatic nitrogens is 3. The van der Waals surface area contributed by atoms with Gasteiger partial charge in [-0.15, -0.1) is 11.3 Å². The molecule has 0 radical (unpaired) electrons. The minimum absolute atomic E-state index is 1.00. The third kappa shape index (κ3) is 2.12. The molecule has 3 aromatic heterocycles. The molecule has 0 amide bonds. The number of halogens is 1. The van der Waals surface area contributed by atoms with Gasteiger partial charge in [0.25, 0.3) is 0 Å². The monoisotopic (exact) mass is 393 g/mol. The van der Waals surface area contributed by atoms with Gasteiger partial charge in [-0.3, -0.25) is 0 Å². The van der Waals surface area contributed by atoms with E-state index in [0.29, 0.717) is 0 Å². The number of para-hydroxylation sites is 1. The maximum Gasteiger partial charge on any atom is 0.126 e. The fourth-order valence-corrected chi connectivity index (χ4v) is 4.29. The largest absolute Gasteiger partial charge is 0.360 e. The van der Waals surface area contributed by atoms with Gasteiger partial charge in [0.05, 0.1) is 5.69 Å². The summed E-state index contributed by atoms with van der Waals surface area (Å²) in [6, 6.07) is 14.6. The molecule has 3 nitrogen and oxygen atoms in total. The lowest BCUT2D eigenvalue weighted by Gasteiger charge is -1.96. The summed E-state index contributed by atoms with van der Waals surface area (Å²) in [7, 11) is 0. The van der Waals surface area contributed by atoms with E-state index in [1.807, 2.05) is 24.5 Å². The van der Waals surface area contributed by atoms with Crippen LogP contribution in [0.4, 0.5) is 0 Å². The van der Waals surface area contributed by atoms with Gasteiger partial charge in [0.2, 0.25) is 0 Å². The van der Waals surface area contributed by atoms with Gasteiger partial charge in [-0.1, -0.05) is 34.1 Å². The van der Waals surface area contributed by atoms with Crippen LogP contribution < -0.4 is 0 Å². The molecule has 0 aliphatic heterocycles. The summed E-state index contributed by atoms with van der Waals surface area (Å²) in [6.45, 7) is 0. The fourth-order valence-electron chi connectivity index (χ4n) is 3.07. The lowest BCUT2D eigenvalue weighted by Crippen LogP contribution is -1.78. The lowest BCUT2D eigenvalue weighted by atomic mass is 10.1. The van der Waals surface area contributed by atoms with Gasteiger partial charge in [-0.25, -0.2) is 4.98 Å². The molecule has 0 aliphatic carbocycles. The molecule has 0 saturated heterocycles. The summed E-state index contributed by atoms with van der Waals surface area (Å²) in [5.41, 5.74) is 5.55. The van der Waals surface area contributed by atoms with Crippen LogP contribution in [-0.2, 0) is 0 Å². The number of benzene rings is 2. The number of thiazole rings is 1. The zero-order chi connectivity index (χ0) is 16.1. The van der Waals surface area contributed by atoms with E-state index >= 15 is 0 Å².